The molecular weight excluding hydrogens is 350 g/mol. The number of nitrogens with zero attached hydrogens (tertiary/aromatic N) is 1. The van der Waals surface area contributed by atoms with Crippen molar-refractivity contribution in [2.24, 2.45) is 0 Å². The van der Waals surface area contributed by atoms with E-state index < -0.39 is 0 Å². The maximum atomic E-state index is 6.32. The van der Waals surface area contributed by atoms with Gasteiger partial charge in [-0.05, 0) is 30.7 Å². The number of hydrogen-bond acceptors (Lipinski definition) is 2. The molecule has 21 heavy (non-hydrogen) atoms. The van der Waals surface area contributed by atoms with Gasteiger partial charge in [0.25, 0.3) is 0 Å². The van der Waals surface area contributed by atoms with Crippen molar-refractivity contribution in [1.82, 2.24) is 10.2 Å². The SMILES string of the molecule is Cc1ccc(-c2c(N)n[nH]c2-c2cc(Br)ccc2Cl)cc1. The van der Waals surface area contributed by atoms with Crippen LogP contribution in [0.5, 0.6) is 0 Å². The number of nitrogens with one attached hydrogen (secondary N) is 1. The molecule has 106 valence electrons. The fourth-order valence-electron chi connectivity index (χ4n) is 2.25. The summed E-state index contributed by atoms with van der Waals surface area (Å²) in [6, 6.07) is 13.9. The molecule has 3 nitrogen and oxygen atoms in total. The molecule has 3 rings (SSSR count). The number of aromatic amines is 1. The minimum Gasteiger partial charge on any atom is -0.382 e. The summed E-state index contributed by atoms with van der Waals surface area (Å²) in [7, 11) is 0. The lowest BCUT2D eigenvalue weighted by Gasteiger charge is -2.07. The Morgan fingerprint density at radius 1 is 1.14 bits per heavy atom. The minimum atomic E-state index is 0.463. The number of hydrogen-bond donors (Lipinski definition) is 2. The first-order valence-corrected chi connectivity index (χ1v) is 7.59. The number of aryl methyl sites for hydroxylation is 1. The van der Waals surface area contributed by atoms with Gasteiger partial charge < -0.3 is 5.73 Å². The number of anilines is 1. The Morgan fingerprint density at radius 3 is 2.57 bits per heavy atom. The maximum absolute atomic E-state index is 6.32. The predicted molar refractivity (Wildman–Crippen MR) is 91.3 cm³/mol. The Bertz CT molecular complexity index is 794. The first kappa shape index (κ1) is 14.2. The average Bonchev–Trinajstić information content (AvgIpc) is 2.84. The second-order valence-corrected chi connectivity index (χ2v) is 6.17. The quantitative estimate of drug-likeness (QED) is 0.670. The maximum Gasteiger partial charge on any atom is 0.153 e. The van der Waals surface area contributed by atoms with Crippen molar-refractivity contribution in [3.8, 4) is 22.4 Å². The first-order valence-electron chi connectivity index (χ1n) is 6.42. The van der Waals surface area contributed by atoms with E-state index in [-0.39, 0.29) is 0 Å². The van der Waals surface area contributed by atoms with E-state index in [0.717, 1.165) is 26.9 Å². The van der Waals surface area contributed by atoms with E-state index >= 15 is 0 Å². The van der Waals surface area contributed by atoms with Crippen LogP contribution in [-0.4, -0.2) is 10.2 Å². The summed E-state index contributed by atoms with van der Waals surface area (Å²) in [4.78, 5) is 0. The Balaban J connectivity index is 2.21. The average molecular weight is 363 g/mol. The van der Waals surface area contributed by atoms with Gasteiger partial charge in [0.1, 0.15) is 0 Å². The van der Waals surface area contributed by atoms with E-state index in [1.165, 1.54) is 5.56 Å². The molecule has 3 aromatic rings. The summed E-state index contributed by atoms with van der Waals surface area (Å²) in [5, 5.41) is 7.78. The summed E-state index contributed by atoms with van der Waals surface area (Å²) in [5.74, 6) is 0.463. The normalized spacial score (nSPS) is 10.8. The van der Waals surface area contributed by atoms with Crippen LogP contribution in [0, 0.1) is 6.92 Å². The Hall–Kier alpha value is -1.78. The highest BCUT2D eigenvalue weighted by atomic mass is 79.9. The zero-order valence-electron chi connectivity index (χ0n) is 11.3. The molecule has 0 aliphatic rings. The molecule has 0 saturated carbocycles. The highest BCUT2D eigenvalue weighted by Crippen LogP contribution is 2.38. The number of rotatable bonds is 2. The molecule has 1 heterocycles. The molecular formula is C16H13BrClN3. The molecule has 0 fully saturated rings. The van der Waals surface area contributed by atoms with Crippen molar-refractivity contribution in [2.75, 3.05) is 5.73 Å². The van der Waals surface area contributed by atoms with Gasteiger partial charge in [0.2, 0.25) is 0 Å². The van der Waals surface area contributed by atoms with E-state index in [0.29, 0.717) is 10.8 Å². The van der Waals surface area contributed by atoms with E-state index in [1.807, 2.05) is 42.5 Å². The summed E-state index contributed by atoms with van der Waals surface area (Å²) < 4.78 is 0.949. The molecule has 2 aromatic carbocycles. The lowest BCUT2D eigenvalue weighted by molar-refractivity contribution is 1.10. The summed E-state index contributed by atoms with van der Waals surface area (Å²) in [6.45, 7) is 2.05. The molecule has 0 saturated heterocycles. The van der Waals surface area contributed by atoms with E-state index in [2.05, 4.69) is 33.1 Å². The second-order valence-electron chi connectivity index (χ2n) is 4.85. The number of nitrogen functional groups attached to an aromatic ring is 1. The van der Waals surface area contributed by atoms with Crippen molar-refractivity contribution < 1.29 is 0 Å². The smallest absolute Gasteiger partial charge is 0.153 e. The van der Waals surface area contributed by atoms with Crippen LogP contribution in [0.4, 0.5) is 5.82 Å². The van der Waals surface area contributed by atoms with Crippen molar-refractivity contribution in [3.63, 3.8) is 0 Å². The van der Waals surface area contributed by atoms with Crippen LogP contribution in [0.25, 0.3) is 22.4 Å². The molecule has 3 N–H and O–H groups in total. The topological polar surface area (TPSA) is 54.7 Å². The number of benzene rings is 2. The van der Waals surface area contributed by atoms with Gasteiger partial charge in [-0.2, -0.15) is 5.10 Å². The second kappa shape index (κ2) is 5.54. The Morgan fingerprint density at radius 2 is 1.86 bits per heavy atom. The summed E-state index contributed by atoms with van der Waals surface area (Å²) >= 11 is 9.78. The lowest BCUT2D eigenvalue weighted by atomic mass is 10.00. The molecule has 0 spiro atoms. The van der Waals surface area contributed by atoms with Gasteiger partial charge in [-0.25, -0.2) is 0 Å². The first-order chi connectivity index (χ1) is 10.1. The number of nitrogens with two attached hydrogens (primary N) is 1. The van der Waals surface area contributed by atoms with Gasteiger partial charge in [0, 0.05) is 10.0 Å². The number of halogens is 2. The van der Waals surface area contributed by atoms with Gasteiger partial charge >= 0.3 is 0 Å². The van der Waals surface area contributed by atoms with Crippen molar-refractivity contribution >= 4 is 33.3 Å². The van der Waals surface area contributed by atoms with Crippen molar-refractivity contribution in [2.45, 2.75) is 6.92 Å². The van der Waals surface area contributed by atoms with E-state index in [9.17, 15) is 0 Å². The van der Waals surface area contributed by atoms with Crippen LogP contribution in [-0.2, 0) is 0 Å². The largest absolute Gasteiger partial charge is 0.382 e. The zero-order valence-corrected chi connectivity index (χ0v) is 13.7. The van der Waals surface area contributed by atoms with Crippen LogP contribution >= 0.6 is 27.5 Å². The fraction of sp³-hybridized carbons (Fsp3) is 0.0625. The minimum absolute atomic E-state index is 0.463. The third-order valence-electron chi connectivity index (χ3n) is 3.33. The molecule has 0 atom stereocenters. The molecule has 0 aliphatic carbocycles. The third-order valence-corrected chi connectivity index (χ3v) is 4.16. The van der Waals surface area contributed by atoms with Crippen LogP contribution in [0.15, 0.2) is 46.9 Å². The van der Waals surface area contributed by atoms with Gasteiger partial charge in [0.15, 0.2) is 5.82 Å². The highest BCUT2D eigenvalue weighted by Gasteiger charge is 2.17. The molecule has 1 aromatic heterocycles. The van der Waals surface area contributed by atoms with Gasteiger partial charge in [-0.1, -0.05) is 57.4 Å². The molecule has 0 aliphatic heterocycles. The van der Waals surface area contributed by atoms with E-state index in [1.54, 1.807) is 0 Å². The number of aromatic nitrogens is 2. The Labute approximate surface area is 136 Å². The van der Waals surface area contributed by atoms with E-state index in [4.69, 9.17) is 17.3 Å². The molecule has 0 unspecified atom stereocenters. The molecule has 5 heteroatoms. The lowest BCUT2D eigenvalue weighted by Crippen LogP contribution is -1.89. The standard InChI is InChI=1S/C16H13BrClN3/c1-9-2-4-10(5-3-9)14-15(20-21-16(14)19)12-8-11(17)6-7-13(12)18/h2-8H,1H3,(H3,19,20,21). The fourth-order valence-corrected chi connectivity index (χ4v) is 2.83. The van der Waals surface area contributed by atoms with Crippen LogP contribution in [0.3, 0.4) is 0 Å². The number of H-pyrrole nitrogens is 1. The zero-order chi connectivity index (χ0) is 15.0. The molecule has 0 amide bonds. The van der Waals surface area contributed by atoms with Crippen LogP contribution < -0.4 is 5.73 Å². The van der Waals surface area contributed by atoms with Gasteiger partial charge in [-0.3, -0.25) is 5.10 Å². The van der Waals surface area contributed by atoms with Crippen LogP contribution in [0.2, 0.25) is 5.02 Å². The summed E-state index contributed by atoms with van der Waals surface area (Å²) in [5.41, 5.74) is 10.8. The van der Waals surface area contributed by atoms with Crippen molar-refractivity contribution in [1.29, 1.82) is 0 Å². The summed E-state index contributed by atoms with van der Waals surface area (Å²) in [6.07, 6.45) is 0. The van der Waals surface area contributed by atoms with Crippen molar-refractivity contribution in [3.05, 3.63) is 57.5 Å². The predicted octanol–water partition coefficient (Wildman–Crippen LogP) is 5.05. The van der Waals surface area contributed by atoms with Gasteiger partial charge in [0.05, 0.1) is 16.3 Å². The monoisotopic (exact) mass is 361 g/mol. The molecule has 0 radical (unpaired) electrons. The third kappa shape index (κ3) is 2.69. The molecule has 0 bridgehead atoms. The highest BCUT2D eigenvalue weighted by molar-refractivity contribution is 9.10. The van der Waals surface area contributed by atoms with Crippen LogP contribution in [0.1, 0.15) is 5.56 Å². The van der Waals surface area contributed by atoms with Gasteiger partial charge in [-0.15, -0.1) is 0 Å². The Kier molecular flexibility index (Phi) is 3.74.